The molecule has 0 fully saturated rings. The van der Waals surface area contributed by atoms with Crippen molar-refractivity contribution in [2.24, 2.45) is 0 Å². The lowest BCUT2D eigenvalue weighted by atomic mass is 10.0. The molecule has 0 unspecified atom stereocenters. The van der Waals surface area contributed by atoms with E-state index in [4.69, 9.17) is 4.98 Å². The summed E-state index contributed by atoms with van der Waals surface area (Å²) >= 11 is 0. The minimum absolute atomic E-state index is 0.624. The molecule has 6 heteroatoms. The van der Waals surface area contributed by atoms with Crippen LogP contribution in [0.3, 0.4) is 0 Å². The summed E-state index contributed by atoms with van der Waals surface area (Å²) in [5.74, 6) is 0. The third-order valence-electron chi connectivity index (χ3n) is 5.42. The highest BCUT2D eigenvalue weighted by atomic mass is 16.1. The van der Waals surface area contributed by atoms with Gasteiger partial charge in [0.05, 0.1) is 24.1 Å². The molecule has 2 aromatic carbocycles. The first-order valence-corrected chi connectivity index (χ1v) is 10.1. The minimum atomic E-state index is 0.624. The Labute approximate surface area is 179 Å². The predicted octanol–water partition coefficient (Wildman–Crippen LogP) is 4.23. The molecule has 1 N–H and O–H groups in total. The van der Waals surface area contributed by atoms with E-state index < -0.39 is 0 Å². The van der Waals surface area contributed by atoms with E-state index in [0.29, 0.717) is 18.7 Å². The molecule has 0 aliphatic carbocycles. The average Bonchev–Trinajstić information content (AvgIpc) is 3.21. The largest absolute Gasteiger partial charge is 0.316 e. The van der Waals surface area contributed by atoms with Crippen molar-refractivity contribution in [2.45, 2.75) is 13.1 Å². The first-order chi connectivity index (χ1) is 15.2. The van der Waals surface area contributed by atoms with Crippen LogP contribution in [0.2, 0.25) is 0 Å². The van der Waals surface area contributed by atoms with Crippen LogP contribution < -0.4 is 5.32 Å². The van der Waals surface area contributed by atoms with Gasteiger partial charge in [-0.25, -0.2) is 9.97 Å². The van der Waals surface area contributed by atoms with E-state index in [1.807, 2.05) is 55.8 Å². The minimum Gasteiger partial charge on any atom is -0.316 e. The third kappa shape index (κ3) is 3.69. The van der Waals surface area contributed by atoms with Gasteiger partial charge in [0.25, 0.3) is 0 Å². The lowest BCUT2D eigenvalue weighted by molar-refractivity contribution is 0.112. The van der Waals surface area contributed by atoms with Crippen LogP contribution in [0.25, 0.3) is 33.3 Å². The molecule has 0 radical (unpaired) electrons. The Morgan fingerprint density at radius 1 is 1.00 bits per heavy atom. The second-order valence-electron chi connectivity index (χ2n) is 7.50. The summed E-state index contributed by atoms with van der Waals surface area (Å²) in [7, 11) is 1.87. The summed E-state index contributed by atoms with van der Waals surface area (Å²) in [6.45, 7) is 1.30. The van der Waals surface area contributed by atoms with E-state index in [1.165, 1.54) is 5.56 Å². The van der Waals surface area contributed by atoms with Crippen molar-refractivity contribution in [3.8, 4) is 11.3 Å². The lowest BCUT2D eigenvalue weighted by Gasteiger charge is -2.09. The fourth-order valence-electron chi connectivity index (χ4n) is 3.86. The smallest absolute Gasteiger partial charge is 0.160 e. The van der Waals surface area contributed by atoms with Crippen molar-refractivity contribution < 1.29 is 4.79 Å². The quantitative estimate of drug-likeness (QED) is 0.427. The fourth-order valence-corrected chi connectivity index (χ4v) is 3.86. The summed E-state index contributed by atoms with van der Waals surface area (Å²) in [6, 6.07) is 20.1. The van der Waals surface area contributed by atoms with Gasteiger partial charge in [-0.1, -0.05) is 24.3 Å². The number of nitrogens with zero attached hydrogens (tertiary/aromatic N) is 4. The van der Waals surface area contributed by atoms with Gasteiger partial charge in [-0.15, -0.1) is 0 Å². The first-order valence-electron chi connectivity index (χ1n) is 10.1. The molecule has 3 heterocycles. The monoisotopic (exact) mass is 407 g/mol. The molecule has 5 aromatic rings. The van der Waals surface area contributed by atoms with E-state index in [2.05, 4.69) is 38.1 Å². The van der Waals surface area contributed by atoms with Gasteiger partial charge in [-0.05, 0) is 54.6 Å². The molecule has 0 spiro atoms. The molecule has 5 rings (SSSR count). The Balaban J connectivity index is 1.52. The number of nitrogens with one attached hydrogen (secondary N) is 1. The normalized spacial score (nSPS) is 11.3. The molecule has 6 nitrogen and oxygen atoms in total. The summed E-state index contributed by atoms with van der Waals surface area (Å²) in [5.41, 5.74) is 7.31. The Morgan fingerprint density at radius 3 is 2.77 bits per heavy atom. The molecule has 0 amide bonds. The van der Waals surface area contributed by atoms with E-state index in [-0.39, 0.29) is 0 Å². The Kier molecular flexibility index (Phi) is 4.98. The first kappa shape index (κ1) is 19.1. The van der Waals surface area contributed by atoms with Gasteiger partial charge in [0, 0.05) is 29.3 Å². The summed E-state index contributed by atoms with van der Waals surface area (Å²) < 4.78 is 2.06. The van der Waals surface area contributed by atoms with Crippen LogP contribution in [0.5, 0.6) is 0 Å². The van der Waals surface area contributed by atoms with Crippen molar-refractivity contribution in [1.29, 1.82) is 0 Å². The maximum atomic E-state index is 11.3. The number of imidazole rings is 1. The maximum absolute atomic E-state index is 11.3. The van der Waals surface area contributed by atoms with Crippen molar-refractivity contribution in [2.75, 3.05) is 7.05 Å². The number of hydrogen-bond donors (Lipinski definition) is 1. The van der Waals surface area contributed by atoms with Gasteiger partial charge in [0.1, 0.15) is 11.8 Å². The Morgan fingerprint density at radius 2 is 1.90 bits per heavy atom. The van der Waals surface area contributed by atoms with Crippen LogP contribution in [0, 0.1) is 0 Å². The van der Waals surface area contributed by atoms with Crippen LogP contribution in [0.15, 0.2) is 73.2 Å². The van der Waals surface area contributed by atoms with Crippen molar-refractivity contribution >= 4 is 28.4 Å². The topological polar surface area (TPSA) is 72.7 Å². The number of aromatic nitrogens is 4. The molecular formula is C25H21N5O. The number of carbonyl (C=O) groups is 1. The molecule has 0 bridgehead atoms. The van der Waals surface area contributed by atoms with Gasteiger partial charge < -0.3 is 9.88 Å². The second-order valence-corrected chi connectivity index (χ2v) is 7.50. The molecular weight excluding hydrogens is 386 g/mol. The van der Waals surface area contributed by atoms with Crippen LogP contribution in [0.1, 0.15) is 21.5 Å². The van der Waals surface area contributed by atoms with Crippen molar-refractivity contribution in [1.82, 2.24) is 24.8 Å². The highest BCUT2D eigenvalue weighted by Gasteiger charge is 2.10. The molecule has 0 atom stereocenters. The number of carbonyl (C=O) groups excluding carboxylic acids is 1. The van der Waals surface area contributed by atoms with Crippen LogP contribution in [-0.4, -0.2) is 32.9 Å². The SMILES string of the molecule is CNCc1cc(-c2ccc3ncn(Cc4ccc5ncccc5c4)c3n2)ccc1C=O. The van der Waals surface area contributed by atoms with Gasteiger partial charge in [-0.2, -0.15) is 0 Å². The number of hydrogen-bond acceptors (Lipinski definition) is 5. The number of benzene rings is 2. The molecule has 0 aliphatic heterocycles. The maximum Gasteiger partial charge on any atom is 0.160 e. The van der Waals surface area contributed by atoms with Crippen molar-refractivity contribution in [3.63, 3.8) is 0 Å². The highest BCUT2D eigenvalue weighted by molar-refractivity contribution is 5.81. The van der Waals surface area contributed by atoms with Crippen LogP contribution in [0.4, 0.5) is 0 Å². The fraction of sp³-hybridized carbons (Fsp3) is 0.120. The van der Waals surface area contributed by atoms with Crippen molar-refractivity contribution in [3.05, 3.63) is 89.9 Å². The molecule has 0 aliphatic rings. The predicted molar refractivity (Wildman–Crippen MR) is 122 cm³/mol. The van der Waals surface area contributed by atoms with Crippen LogP contribution in [-0.2, 0) is 13.1 Å². The zero-order valence-corrected chi connectivity index (χ0v) is 17.1. The second kappa shape index (κ2) is 8.08. The summed E-state index contributed by atoms with van der Waals surface area (Å²) in [5, 5.41) is 4.23. The number of pyridine rings is 2. The number of fused-ring (bicyclic) bond motifs is 2. The standard InChI is InChI=1S/C25H21N5O/c1-26-13-21-12-19(5-6-20(21)15-31)23-8-9-24-25(29-23)30(16-28-24)14-17-4-7-22-18(11-17)3-2-10-27-22/h2-12,15-16,26H,13-14H2,1H3. The Bertz CT molecular complexity index is 1410. The van der Waals surface area contributed by atoms with E-state index in [9.17, 15) is 4.79 Å². The Hall–Kier alpha value is -3.90. The molecule has 0 saturated carbocycles. The highest BCUT2D eigenvalue weighted by Crippen LogP contribution is 2.24. The lowest BCUT2D eigenvalue weighted by Crippen LogP contribution is -2.07. The third-order valence-corrected chi connectivity index (χ3v) is 5.42. The zero-order valence-electron chi connectivity index (χ0n) is 17.1. The average molecular weight is 407 g/mol. The van der Waals surface area contributed by atoms with Gasteiger partial charge in [0.2, 0.25) is 0 Å². The van der Waals surface area contributed by atoms with Gasteiger partial charge in [0.15, 0.2) is 5.65 Å². The van der Waals surface area contributed by atoms with E-state index >= 15 is 0 Å². The molecule has 31 heavy (non-hydrogen) atoms. The van der Waals surface area contributed by atoms with E-state index in [0.717, 1.165) is 45.2 Å². The number of aldehydes is 1. The van der Waals surface area contributed by atoms with Gasteiger partial charge >= 0.3 is 0 Å². The zero-order chi connectivity index (χ0) is 21.2. The molecule has 3 aromatic heterocycles. The van der Waals surface area contributed by atoms with Crippen LogP contribution >= 0.6 is 0 Å². The molecule has 0 saturated heterocycles. The summed E-state index contributed by atoms with van der Waals surface area (Å²) in [6.07, 6.45) is 4.53. The summed E-state index contributed by atoms with van der Waals surface area (Å²) in [4.78, 5) is 25.1. The number of rotatable bonds is 6. The van der Waals surface area contributed by atoms with Gasteiger partial charge in [-0.3, -0.25) is 9.78 Å². The molecule has 152 valence electrons. The van der Waals surface area contributed by atoms with E-state index in [1.54, 1.807) is 6.20 Å².